The first-order valence-corrected chi connectivity index (χ1v) is 11.8. The summed E-state index contributed by atoms with van der Waals surface area (Å²) in [5.41, 5.74) is 9.43. The smallest absolute Gasteiger partial charge is 0.383 e. The van der Waals surface area contributed by atoms with Crippen molar-refractivity contribution < 1.29 is 22.7 Å². The van der Waals surface area contributed by atoms with Crippen LogP contribution >= 0.6 is 0 Å². The summed E-state index contributed by atoms with van der Waals surface area (Å²) in [6.07, 6.45) is 1.03. The highest BCUT2D eigenvalue weighted by atomic mass is 19.4. The summed E-state index contributed by atoms with van der Waals surface area (Å²) in [6.45, 7) is 2.29. The lowest BCUT2D eigenvalue weighted by atomic mass is 10.00. The van der Waals surface area contributed by atoms with E-state index in [-0.39, 0.29) is 18.6 Å². The molecule has 194 valence electrons. The average molecular weight is 522 g/mol. The fraction of sp³-hybridized carbons (Fsp3) is 0.231. The van der Waals surface area contributed by atoms with Gasteiger partial charge in [0.05, 0.1) is 47.9 Å². The Hall–Kier alpha value is -4.45. The van der Waals surface area contributed by atoms with Gasteiger partial charge < -0.3 is 14.9 Å². The molecule has 5 heterocycles. The Balaban J connectivity index is 1.40. The molecule has 1 unspecified atom stereocenters. The van der Waals surface area contributed by atoms with Crippen LogP contribution in [-0.4, -0.2) is 30.1 Å². The van der Waals surface area contributed by atoms with Crippen LogP contribution in [0.1, 0.15) is 45.8 Å². The zero-order valence-corrected chi connectivity index (χ0v) is 20.4. The van der Waals surface area contributed by atoms with Crippen LogP contribution in [0.2, 0.25) is 0 Å². The molecule has 0 bridgehead atoms. The number of carbonyl (C=O) groups is 1. The number of amides is 1. The van der Waals surface area contributed by atoms with Crippen molar-refractivity contribution in [2.45, 2.75) is 32.4 Å². The van der Waals surface area contributed by atoms with Gasteiger partial charge in [0.25, 0.3) is 5.91 Å². The largest absolute Gasteiger partial charge is 0.417 e. The standard InChI is InChI=1S/C26H22F3N7O2/c1-14-23-20(13-38-14)19-7-15(3-5-21(19)33-24(23)30)25(37)36(18-8-31-34(2)12-18)11-17-10-35-9-16(26(27,28)29)4-6-22(35)32-17/h3-10,12,14H,11,13H2,1-2H3,(H2,30,33). The number of hydrogen-bond acceptors (Lipinski definition) is 6. The molecular weight excluding hydrogens is 499 g/mol. The predicted molar refractivity (Wildman–Crippen MR) is 133 cm³/mol. The summed E-state index contributed by atoms with van der Waals surface area (Å²) in [5.74, 6) is 0.0829. The lowest BCUT2D eigenvalue weighted by Crippen LogP contribution is -2.30. The normalized spacial score (nSPS) is 15.3. The zero-order valence-electron chi connectivity index (χ0n) is 20.4. The van der Waals surface area contributed by atoms with Gasteiger partial charge in [-0.2, -0.15) is 18.3 Å². The lowest BCUT2D eigenvalue weighted by molar-refractivity contribution is -0.137. The fourth-order valence-corrected chi connectivity index (χ4v) is 4.83. The molecule has 0 aliphatic carbocycles. The van der Waals surface area contributed by atoms with Crippen molar-refractivity contribution in [3.05, 3.63) is 83.1 Å². The van der Waals surface area contributed by atoms with Gasteiger partial charge in [0.15, 0.2) is 0 Å². The van der Waals surface area contributed by atoms with Gasteiger partial charge in [0, 0.05) is 42.2 Å². The van der Waals surface area contributed by atoms with E-state index in [0.717, 1.165) is 28.8 Å². The van der Waals surface area contributed by atoms with Gasteiger partial charge in [-0.3, -0.25) is 14.4 Å². The molecule has 1 aromatic carbocycles. The van der Waals surface area contributed by atoms with Crippen molar-refractivity contribution in [1.82, 2.24) is 24.1 Å². The molecule has 1 aliphatic heterocycles. The number of fused-ring (bicyclic) bond motifs is 4. The Morgan fingerprint density at radius 1 is 1.18 bits per heavy atom. The highest BCUT2D eigenvalue weighted by Gasteiger charge is 2.31. The highest BCUT2D eigenvalue weighted by Crippen LogP contribution is 2.38. The van der Waals surface area contributed by atoms with Crippen LogP contribution in [0.25, 0.3) is 16.6 Å². The Morgan fingerprint density at radius 3 is 2.74 bits per heavy atom. The minimum Gasteiger partial charge on any atom is -0.383 e. The number of imidazole rings is 1. The molecule has 4 aromatic heterocycles. The number of nitrogens with two attached hydrogens (primary N) is 1. The second-order valence-corrected chi connectivity index (χ2v) is 9.25. The second kappa shape index (κ2) is 8.55. The van der Waals surface area contributed by atoms with Crippen molar-refractivity contribution in [3.8, 4) is 0 Å². The van der Waals surface area contributed by atoms with E-state index >= 15 is 0 Å². The van der Waals surface area contributed by atoms with Crippen LogP contribution in [0, 0.1) is 0 Å². The summed E-state index contributed by atoms with van der Waals surface area (Å²) >= 11 is 0. The first-order chi connectivity index (χ1) is 18.1. The van der Waals surface area contributed by atoms with E-state index in [4.69, 9.17) is 10.5 Å². The van der Waals surface area contributed by atoms with Crippen LogP contribution in [0.5, 0.6) is 0 Å². The SMILES string of the molecule is CC1OCc2c1c(N)nc1ccc(C(=O)N(Cc3cn4cc(C(F)(F)F)ccc4n3)c3cnn(C)c3)cc21. The molecule has 1 aliphatic rings. The van der Waals surface area contributed by atoms with Crippen LogP contribution < -0.4 is 10.6 Å². The Labute approximate surface area is 214 Å². The fourth-order valence-electron chi connectivity index (χ4n) is 4.83. The van der Waals surface area contributed by atoms with E-state index in [0.29, 0.717) is 40.5 Å². The van der Waals surface area contributed by atoms with E-state index in [1.165, 1.54) is 21.6 Å². The van der Waals surface area contributed by atoms with Crippen molar-refractivity contribution in [2.75, 3.05) is 10.6 Å². The Kier molecular flexibility index (Phi) is 5.38. The first-order valence-electron chi connectivity index (χ1n) is 11.8. The average Bonchev–Trinajstić information content (AvgIpc) is 3.59. The summed E-state index contributed by atoms with van der Waals surface area (Å²) in [5, 5.41) is 4.96. The van der Waals surface area contributed by atoms with E-state index in [1.54, 1.807) is 42.3 Å². The van der Waals surface area contributed by atoms with Crippen LogP contribution in [0.3, 0.4) is 0 Å². The van der Waals surface area contributed by atoms with Crippen molar-refractivity contribution in [1.29, 1.82) is 0 Å². The Morgan fingerprint density at radius 2 is 2.00 bits per heavy atom. The first kappa shape index (κ1) is 23.9. The van der Waals surface area contributed by atoms with Gasteiger partial charge in [-0.25, -0.2) is 9.97 Å². The summed E-state index contributed by atoms with van der Waals surface area (Å²) < 4.78 is 48.1. The molecule has 2 N–H and O–H groups in total. The number of nitrogen functional groups attached to an aromatic ring is 1. The van der Waals surface area contributed by atoms with Gasteiger partial charge in [0.1, 0.15) is 11.5 Å². The highest BCUT2D eigenvalue weighted by molar-refractivity contribution is 6.08. The van der Waals surface area contributed by atoms with Crippen molar-refractivity contribution in [2.24, 2.45) is 7.05 Å². The molecule has 12 heteroatoms. The molecule has 6 rings (SSSR count). The monoisotopic (exact) mass is 521 g/mol. The van der Waals surface area contributed by atoms with E-state index < -0.39 is 11.7 Å². The number of benzene rings is 1. The van der Waals surface area contributed by atoms with Gasteiger partial charge in [-0.1, -0.05) is 0 Å². The third-order valence-corrected chi connectivity index (χ3v) is 6.69. The van der Waals surface area contributed by atoms with Crippen LogP contribution in [-0.2, 0) is 31.1 Å². The molecular formula is C26H22F3N7O2. The molecule has 1 amide bonds. The molecule has 0 saturated carbocycles. The van der Waals surface area contributed by atoms with Gasteiger partial charge in [-0.15, -0.1) is 0 Å². The number of anilines is 2. The number of aromatic nitrogens is 5. The van der Waals surface area contributed by atoms with Gasteiger partial charge >= 0.3 is 6.18 Å². The van der Waals surface area contributed by atoms with Crippen molar-refractivity contribution >= 4 is 34.0 Å². The number of aryl methyl sites for hydroxylation is 1. The number of hydrogen-bond donors (Lipinski definition) is 1. The number of alkyl halides is 3. The maximum Gasteiger partial charge on any atom is 0.417 e. The number of rotatable bonds is 4. The van der Waals surface area contributed by atoms with E-state index in [1.807, 2.05) is 6.92 Å². The number of nitrogens with zero attached hydrogens (tertiary/aromatic N) is 6. The molecule has 38 heavy (non-hydrogen) atoms. The molecule has 1 atom stereocenters. The molecule has 5 aromatic rings. The topological polar surface area (TPSA) is 104 Å². The van der Waals surface area contributed by atoms with Gasteiger partial charge in [-0.05, 0) is 42.8 Å². The van der Waals surface area contributed by atoms with E-state index in [2.05, 4.69) is 15.1 Å². The zero-order chi connectivity index (χ0) is 26.8. The second-order valence-electron chi connectivity index (χ2n) is 9.25. The molecule has 0 fully saturated rings. The van der Waals surface area contributed by atoms with Crippen LogP contribution in [0.15, 0.2) is 55.1 Å². The molecule has 0 saturated heterocycles. The minimum atomic E-state index is -4.48. The molecule has 0 radical (unpaired) electrons. The number of pyridine rings is 2. The number of halogens is 3. The molecule has 9 nitrogen and oxygen atoms in total. The summed E-state index contributed by atoms with van der Waals surface area (Å²) in [7, 11) is 1.73. The third kappa shape index (κ3) is 4.02. The maximum absolute atomic E-state index is 13.9. The van der Waals surface area contributed by atoms with Gasteiger partial charge in [0.2, 0.25) is 0 Å². The summed E-state index contributed by atoms with van der Waals surface area (Å²) in [4.78, 5) is 24.3. The number of carbonyl (C=O) groups excluding carboxylic acids is 1. The third-order valence-electron chi connectivity index (χ3n) is 6.69. The van der Waals surface area contributed by atoms with Crippen LogP contribution in [0.4, 0.5) is 24.7 Å². The van der Waals surface area contributed by atoms with Crippen molar-refractivity contribution in [3.63, 3.8) is 0 Å². The van der Waals surface area contributed by atoms with E-state index in [9.17, 15) is 18.0 Å². The quantitative estimate of drug-likeness (QED) is 0.369. The Bertz CT molecular complexity index is 1720. The molecule has 0 spiro atoms. The minimum absolute atomic E-state index is 0.0177. The maximum atomic E-state index is 13.9. The number of ether oxygens (including phenoxy) is 1. The predicted octanol–water partition coefficient (Wildman–Crippen LogP) is 4.66. The lowest BCUT2D eigenvalue weighted by Gasteiger charge is -2.20. The summed E-state index contributed by atoms with van der Waals surface area (Å²) in [6, 6.07) is 7.47.